The molecule has 1 saturated heterocycles. The minimum atomic E-state index is 0.530. The summed E-state index contributed by atoms with van der Waals surface area (Å²) in [6.45, 7) is 20.0. The predicted molar refractivity (Wildman–Crippen MR) is 122 cm³/mol. The van der Waals surface area contributed by atoms with Crippen molar-refractivity contribution < 1.29 is 4.74 Å². The van der Waals surface area contributed by atoms with Crippen molar-refractivity contribution in [2.75, 3.05) is 59.0 Å². The molecular formula is C21H42N8O. The van der Waals surface area contributed by atoms with E-state index in [1.54, 1.807) is 6.33 Å². The summed E-state index contributed by atoms with van der Waals surface area (Å²) < 4.78 is 7.52. The number of nitrogens with zero attached hydrogens (tertiary/aromatic N) is 6. The van der Waals surface area contributed by atoms with Crippen molar-refractivity contribution in [2.24, 2.45) is 4.99 Å². The van der Waals surface area contributed by atoms with Crippen LogP contribution in [-0.2, 0) is 17.7 Å². The van der Waals surface area contributed by atoms with Crippen LogP contribution in [0.4, 0.5) is 0 Å². The van der Waals surface area contributed by atoms with Gasteiger partial charge in [-0.05, 0) is 27.7 Å². The first-order valence-electron chi connectivity index (χ1n) is 11.5. The van der Waals surface area contributed by atoms with Gasteiger partial charge < -0.3 is 19.9 Å². The van der Waals surface area contributed by atoms with Crippen LogP contribution in [0.5, 0.6) is 0 Å². The first-order chi connectivity index (χ1) is 14.5. The summed E-state index contributed by atoms with van der Waals surface area (Å²) >= 11 is 0. The van der Waals surface area contributed by atoms with Crippen molar-refractivity contribution in [3.8, 4) is 0 Å². The Balaban J connectivity index is 1.85. The first kappa shape index (κ1) is 24.6. The first-order valence-corrected chi connectivity index (χ1v) is 11.5. The van der Waals surface area contributed by atoms with Crippen LogP contribution in [0.3, 0.4) is 0 Å². The molecule has 0 aliphatic carbocycles. The molecule has 0 saturated carbocycles. The van der Waals surface area contributed by atoms with E-state index in [0.717, 1.165) is 83.8 Å². The number of hydrogen-bond donors (Lipinski definition) is 2. The zero-order valence-electron chi connectivity index (χ0n) is 19.6. The molecule has 9 heteroatoms. The molecule has 0 bridgehead atoms. The predicted octanol–water partition coefficient (Wildman–Crippen LogP) is 0.827. The van der Waals surface area contributed by atoms with E-state index in [1.165, 1.54) is 0 Å². The lowest BCUT2D eigenvalue weighted by molar-refractivity contribution is 0.0394. The highest BCUT2D eigenvalue weighted by Crippen LogP contribution is 2.03. The van der Waals surface area contributed by atoms with Crippen molar-refractivity contribution in [1.82, 2.24) is 35.2 Å². The second kappa shape index (κ2) is 13.6. The van der Waals surface area contributed by atoms with Gasteiger partial charge in [0, 0.05) is 64.3 Å². The number of morpholine rings is 1. The number of aliphatic imine (C=N–C) groups is 1. The summed E-state index contributed by atoms with van der Waals surface area (Å²) in [5, 5.41) is 15.2. The Morgan fingerprint density at radius 2 is 1.83 bits per heavy atom. The highest BCUT2D eigenvalue weighted by Gasteiger charge is 2.13. The fourth-order valence-electron chi connectivity index (χ4n) is 3.75. The fourth-order valence-corrected chi connectivity index (χ4v) is 3.75. The van der Waals surface area contributed by atoms with Gasteiger partial charge in [-0.25, -0.2) is 0 Å². The zero-order valence-corrected chi connectivity index (χ0v) is 19.6. The largest absolute Gasteiger partial charge is 0.379 e. The van der Waals surface area contributed by atoms with Crippen LogP contribution < -0.4 is 10.6 Å². The van der Waals surface area contributed by atoms with Crippen LogP contribution in [0, 0.1) is 0 Å². The molecule has 1 aliphatic heterocycles. The van der Waals surface area contributed by atoms with Gasteiger partial charge in [0.1, 0.15) is 12.2 Å². The molecule has 1 aromatic heterocycles. The van der Waals surface area contributed by atoms with Crippen molar-refractivity contribution >= 4 is 5.96 Å². The Bertz CT molecular complexity index is 602. The number of guanidine groups is 1. The molecule has 172 valence electrons. The molecule has 9 nitrogen and oxygen atoms in total. The molecule has 0 atom stereocenters. The molecule has 0 aromatic carbocycles. The maximum atomic E-state index is 5.43. The van der Waals surface area contributed by atoms with Gasteiger partial charge in [0.2, 0.25) is 0 Å². The molecule has 0 spiro atoms. The summed E-state index contributed by atoms with van der Waals surface area (Å²) in [5.41, 5.74) is 0. The van der Waals surface area contributed by atoms with Gasteiger partial charge in [-0.3, -0.25) is 14.8 Å². The smallest absolute Gasteiger partial charge is 0.191 e. The maximum Gasteiger partial charge on any atom is 0.191 e. The lowest BCUT2D eigenvalue weighted by Gasteiger charge is -2.30. The van der Waals surface area contributed by atoms with E-state index >= 15 is 0 Å². The van der Waals surface area contributed by atoms with Crippen molar-refractivity contribution in [3.63, 3.8) is 0 Å². The second-order valence-corrected chi connectivity index (χ2v) is 8.26. The Kier molecular flexibility index (Phi) is 11.1. The number of aromatic nitrogens is 3. The molecule has 1 aliphatic rings. The Labute approximate surface area is 182 Å². The molecule has 0 radical (unpaired) electrons. The monoisotopic (exact) mass is 422 g/mol. The van der Waals surface area contributed by atoms with Gasteiger partial charge in [-0.1, -0.05) is 6.92 Å². The van der Waals surface area contributed by atoms with Gasteiger partial charge in [0.15, 0.2) is 5.96 Å². The lowest BCUT2D eigenvalue weighted by atomic mass is 10.2. The second-order valence-electron chi connectivity index (χ2n) is 8.26. The van der Waals surface area contributed by atoms with Crippen LogP contribution in [0.2, 0.25) is 0 Å². The van der Waals surface area contributed by atoms with Gasteiger partial charge in [-0.2, -0.15) is 0 Å². The van der Waals surface area contributed by atoms with Crippen LogP contribution in [0.1, 0.15) is 40.4 Å². The molecule has 2 heterocycles. The van der Waals surface area contributed by atoms with E-state index in [0.29, 0.717) is 12.1 Å². The molecule has 2 rings (SSSR count). The Morgan fingerprint density at radius 3 is 2.50 bits per heavy atom. The van der Waals surface area contributed by atoms with Gasteiger partial charge >= 0.3 is 0 Å². The summed E-state index contributed by atoms with van der Waals surface area (Å²) in [4.78, 5) is 9.72. The van der Waals surface area contributed by atoms with Crippen molar-refractivity contribution in [2.45, 2.75) is 59.7 Å². The third kappa shape index (κ3) is 8.57. The van der Waals surface area contributed by atoms with Crippen molar-refractivity contribution in [1.29, 1.82) is 0 Å². The molecule has 0 amide bonds. The van der Waals surface area contributed by atoms with Crippen molar-refractivity contribution in [3.05, 3.63) is 12.2 Å². The van der Waals surface area contributed by atoms with Crippen LogP contribution in [0.25, 0.3) is 0 Å². The average molecular weight is 423 g/mol. The van der Waals surface area contributed by atoms with E-state index in [2.05, 4.69) is 69.8 Å². The van der Waals surface area contributed by atoms with Gasteiger partial charge in [0.25, 0.3) is 0 Å². The molecule has 30 heavy (non-hydrogen) atoms. The maximum absolute atomic E-state index is 5.43. The number of nitrogens with one attached hydrogen (secondary N) is 2. The third-order valence-corrected chi connectivity index (χ3v) is 5.44. The SMILES string of the molecule is CCc1nncn1CCNC(=NCCN1CCOCC1)NCCN(C(C)C)C(C)C. The number of ether oxygens (including phenoxy) is 1. The molecule has 1 fully saturated rings. The summed E-state index contributed by atoms with van der Waals surface area (Å²) in [6, 6.07) is 1.06. The third-order valence-electron chi connectivity index (χ3n) is 5.44. The average Bonchev–Trinajstić information content (AvgIpc) is 3.18. The van der Waals surface area contributed by atoms with Gasteiger partial charge in [-0.15, -0.1) is 10.2 Å². The van der Waals surface area contributed by atoms with E-state index in [-0.39, 0.29) is 0 Å². The highest BCUT2D eigenvalue weighted by atomic mass is 16.5. The summed E-state index contributed by atoms with van der Waals surface area (Å²) in [5.74, 6) is 1.89. The minimum Gasteiger partial charge on any atom is -0.379 e. The Morgan fingerprint density at radius 1 is 1.13 bits per heavy atom. The van der Waals surface area contributed by atoms with Crippen LogP contribution in [0.15, 0.2) is 11.3 Å². The standard InChI is InChI=1S/C21H42N8O/c1-6-20-26-25-17-28(20)11-8-23-21(22-7-10-27-13-15-30-16-14-27)24-9-12-29(18(2)3)19(4)5/h17-19H,6-16H2,1-5H3,(H2,22,23,24). The summed E-state index contributed by atoms with van der Waals surface area (Å²) in [6.07, 6.45) is 2.69. The van der Waals surface area contributed by atoms with E-state index < -0.39 is 0 Å². The number of rotatable bonds is 12. The number of aryl methyl sites for hydroxylation is 1. The van der Waals surface area contributed by atoms with Gasteiger partial charge in [0.05, 0.1) is 19.8 Å². The minimum absolute atomic E-state index is 0.530. The number of hydrogen-bond acceptors (Lipinski definition) is 6. The quantitative estimate of drug-likeness (QED) is 0.381. The van der Waals surface area contributed by atoms with E-state index in [9.17, 15) is 0 Å². The Hall–Kier alpha value is -1.71. The highest BCUT2D eigenvalue weighted by molar-refractivity contribution is 5.79. The van der Waals surface area contributed by atoms with E-state index in [1.807, 2.05) is 0 Å². The lowest BCUT2D eigenvalue weighted by Crippen LogP contribution is -2.46. The topological polar surface area (TPSA) is 82.8 Å². The molecular weight excluding hydrogens is 380 g/mol. The fraction of sp³-hybridized carbons (Fsp3) is 0.857. The normalized spacial score (nSPS) is 16.1. The van der Waals surface area contributed by atoms with Crippen LogP contribution >= 0.6 is 0 Å². The van der Waals surface area contributed by atoms with E-state index in [4.69, 9.17) is 9.73 Å². The summed E-state index contributed by atoms with van der Waals surface area (Å²) in [7, 11) is 0. The molecule has 2 N–H and O–H groups in total. The zero-order chi connectivity index (χ0) is 21.8. The molecule has 1 aromatic rings. The van der Waals surface area contributed by atoms with Crippen LogP contribution in [-0.4, -0.2) is 102 Å². The molecule has 0 unspecified atom stereocenters.